The van der Waals surface area contributed by atoms with Crippen molar-refractivity contribution in [1.29, 1.82) is 0 Å². The smallest absolute Gasteiger partial charge is 0.238 e. The standard InChI is InChI=1S/C10H16ClNO2/c11-9(7-2-1-5-14-6-7)10(13)12-8-3-4-8/h7-9H,1-6H2,(H,12,13). The number of hydrogen-bond acceptors (Lipinski definition) is 2. The lowest BCUT2D eigenvalue weighted by Gasteiger charge is -2.25. The summed E-state index contributed by atoms with van der Waals surface area (Å²) in [7, 11) is 0. The maximum absolute atomic E-state index is 11.6. The van der Waals surface area contributed by atoms with E-state index in [4.69, 9.17) is 16.3 Å². The molecule has 2 unspecified atom stereocenters. The van der Waals surface area contributed by atoms with Gasteiger partial charge in [0.15, 0.2) is 0 Å². The van der Waals surface area contributed by atoms with Crippen molar-refractivity contribution in [2.75, 3.05) is 13.2 Å². The highest BCUT2D eigenvalue weighted by Crippen LogP contribution is 2.24. The normalized spacial score (nSPS) is 29.6. The van der Waals surface area contributed by atoms with Crippen LogP contribution in [0.5, 0.6) is 0 Å². The molecule has 2 aliphatic rings. The van der Waals surface area contributed by atoms with Gasteiger partial charge in [0.05, 0.1) is 6.61 Å². The molecule has 2 rings (SSSR count). The zero-order valence-corrected chi connectivity index (χ0v) is 8.93. The SMILES string of the molecule is O=C(NC1CC1)C(Cl)C1CCCOC1. The summed E-state index contributed by atoms with van der Waals surface area (Å²) in [5.41, 5.74) is 0. The fourth-order valence-electron chi connectivity index (χ4n) is 1.72. The van der Waals surface area contributed by atoms with Gasteiger partial charge in [-0.3, -0.25) is 4.79 Å². The lowest BCUT2D eigenvalue weighted by molar-refractivity contribution is -0.122. The first-order chi connectivity index (χ1) is 6.77. The minimum atomic E-state index is -0.407. The van der Waals surface area contributed by atoms with Gasteiger partial charge in [0.25, 0.3) is 0 Å². The Morgan fingerprint density at radius 2 is 2.21 bits per heavy atom. The number of hydrogen-bond donors (Lipinski definition) is 1. The largest absolute Gasteiger partial charge is 0.381 e. The molecular weight excluding hydrogens is 202 g/mol. The maximum atomic E-state index is 11.6. The predicted molar refractivity (Wildman–Crippen MR) is 54.3 cm³/mol. The Morgan fingerprint density at radius 1 is 1.43 bits per heavy atom. The lowest BCUT2D eigenvalue weighted by atomic mass is 9.98. The minimum Gasteiger partial charge on any atom is -0.381 e. The van der Waals surface area contributed by atoms with Crippen LogP contribution in [-0.4, -0.2) is 30.5 Å². The van der Waals surface area contributed by atoms with Crippen molar-refractivity contribution in [3.63, 3.8) is 0 Å². The van der Waals surface area contributed by atoms with Crippen molar-refractivity contribution in [2.24, 2.45) is 5.92 Å². The number of nitrogens with one attached hydrogen (secondary N) is 1. The Morgan fingerprint density at radius 3 is 2.79 bits per heavy atom. The molecule has 1 aliphatic carbocycles. The van der Waals surface area contributed by atoms with E-state index in [0.717, 1.165) is 32.3 Å². The zero-order valence-electron chi connectivity index (χ0n) is 8.17. The van der Waals surface area contributed by atoms with Crippen LogP contribution in [-0.2, 0) is 9.53 Å². The van der Waals surface area contributed by atoms with E-state index >= 15 is 0 Å². The van der Waals surface area contributed by atoms with Gasteiger partial charge in [0.1, 0.15) is 5.38 Å². The summed E-state index contributed by atoms with van der Waals surface area (Å²) < 4.78 is 5.31. The van der Waals surface area contributed by atoms with E-state index in [1.807, 2.05) is 0 Å². The predicted octanol–water partition coefficient (Wildman–Crippen LogP) is 1.30. The van der Waals surface area contributed by atoms with Crippen LogP contribution in [0.3, 0.4) is 0 Å². The van der Waals surface area contributed by atoms with Gasteiger partial charge in [0, 0.05) is 18.6 Å². The zero-order chi connectivity index (χ0) is 9.97. The van der Waals surface area contributed by atoms with Crippen molar-refractivity contribution in [3.05, 3.63) is 0 Å². The molecule has 1 saturated carbocycles. The molecule has 2 atom stereocenters. The molecule has 0 aromatic carbocycles. The molecular formula is C10H16ClNO2. The number of amides is 1. The van der Waals surface area contributed by atoms with Crippen molar-refractivity contribution < 1.29 is 9.53 Å². The third kappa shape index (κ3) is 2.61. The first kappa shape index (κ1) is 10.2. The van der Waals surface area contributed by atoms with Crippen LogP contribution >= 0.6 is 11.6 Å². The van der Waals surface area contributed by atoms with Gasteiger partial charge in [0.2, 0.25) is 5.91 Å². The summed E-state index contributed by atoms with van der Waals surface area (Å²) >= 11 is 6.09. The first-order valence-electron chi connectivity index (χ1n) is 5.29. The number of carbonyl (C=O) groups excluding carboxylic acids is 1. The fraction of sp³-hybridized carbons (Fsp3) is 0.900. The molecule has 14 heavy (non-hydrogen) atoms. The molecule has 1 aliphatic heterocycles. The molecule has 0 bridgehead atoms. The summed E-state index contributed by atoms with van der Waals surface area (Å²) in [6.45, 7) is 1.44. The molecule has 1 heterocycles. The number of alkyl halides is 1. The maximum Gasteiger partial charge on any atom is 0.238 e. The molecule has 80 valence electrons. The van der Waals surface area contributed by atoms with Gasteiger partial charge in [-0.2, -0.15) is 0 Å². The lowest BCUT2D eigenvalue weighted by Crippen LogP contribution is -2.39. The quantitative estimate of drug-likeness (QED) is 0.724. The highest BCUT2D eigenvalue weighted by Gasteiger charge is 2.31. The third-order valence-electron chi connectivity index (χ3n) is 2.78. The number of rotatable bonds is 3. The molecule has 1 saturated heterocycles. The molecule has 0 aromatic heterocycles. The van der Waals surface area contributed by atoms with Gasteiger partial charge in [-0.1, -0.05) is 0 Å². The summed E-state index contributed by atoms with van der Waals surface area (Å²) in [5, 5.41) is 2.52. The van der Waals surface area contributed by atoms with Gasteiger partial charge in [-0.15, -0.1) is 11.6 Å². The van der Waals surface area contributed by atoms with E-state index in [-0.39, 0.29) is 11.8 Å². The highest BCUT2D eigenvalue weighted by molar-refractivity contribution is 6.31. The first-order valence-corrected chi connectivity index (χ1v) is 5.73. The topological polar surface area (TPSA) is 38.3 Å². The molecule has 0 aromatic rings. The molecule has 1 N–H and O–H groups in total. The number of carbonyl (C=O) groups is 1. The van der Waals surface area contributed by atoms with Crippen LogP contribution in [0.4, 0.5) is 0 Å². The second kappa shape index (κ2) is 4.49. The average Bonchev–Trinajstić information content (AvgIpc) is 3.02. The summed E-state index contributed by atoms with van der Waals surface area (Å²) in [6, 6.07) is 0.397. The van der Waals surface area contributed by atoms with Gasteiger partial charge in [-0.05, 0) is 25.7 Å². The van der Waals surface area contributed by atoms with E-state index in [1.165, 1.54) is 0 Å². The van der Waals surface area contributed by atoms with Crippen LogP contribution in [0.2, 0.25) is 0 Å². The molecule has 0 radical (unpaired) electrons. The van der Waals surface area contributed by atoms with Crippen LogP contribution in [0.1, 0.15) is 25.7 Å². The third-order valence-corrected chi connectivity index (χ3v) is 3.34. The Balaban J connectivity index is 1.78. The van der Waals surface area contributed by atoms with E-state index in [2.05, 4.69) is 5.32 Å². The number of halogens is 1. The molecule has 2 fully saturated rings. The van der Waals surface area contributed by atoms with Crippen LogP contribution < -0.4 is 5.32 Å². The highest BCUT2D eigenvalue weighted by atomic mass is 35.5. The van der Waals surface area contributed by atoms with E-state index in [9.17, 15) is 4.79 Å². The van der Waals surface area contributed by atoms with Gasteiger partial charge < -0.3 is 10.1 Å². The van der Waals surface area contributed by atoms with Crippen LogP contribution in [0.25, 0.3) is 0 Å². The van der Waals surface area contributed by atoms with Crippen LogP contribution in [0, 0.1) is 5.92 Å². The second-order valence-corrected chi connectivity index (χ2v) is 4.63. The molecule has 1 amide bonds. The van der Waals surface area contributed by atoms with Crippen molar-refractivity contribution in [3.8, 4) is 0 Å². The van der Waals surface area contributed by atoms with Gasteiger partial charge in [-0.25, -0.2) is 0 Å². The van der Waals surface area contributed by atoms with Crippen molar-refractivity contribution in [2.45, 2.75) is 37.1 Å². The Kier molecular flexibility index (Phi) is 3.29. The molecule has 0 spiro atoms. The van der Waals surface area contributed by atoms with Crippen LogP contribution in [0.15, 0.2) is 0 Å². The Bertz CT molecular complexity index is 212. The minimum absolute atomic E-state index is 0.00957. The van der Waals surface area contributed by atoms with E-state index < -0.39 is 5.38 Å². The summed E-state index contributed by atoms with van der Waals surface area (Å²) in [4.78, 5) is 11.6. The average molecular weight is 218 g/mol. The summed E-state index contributed by atoms with van der Waals surface area (Å²) in [6.07, 6.45) is 4.24. The fourth-order valence-corrected chi connectivity index (χ4v) is 1.98. The van der Waals surface area contributed by atoms with Crippen molar-refractivity contribution in [1.82, 2.24) is 5.32 Å². The molecule has 4 heteroatoms. The second-order valence-electron chi connectivity index (χ2n) is 4.16. The van der Waals surface area contributed by atoms with E-state index in [0.29, 0.717) is 12.6 Å². The Hall–Kier alpha value is -0.280. The van der Waals surface area contributed by atoms with Gasteiger partial charge >= 0.3 is 0 Å². The molecule has 3 nitrogen and oxygen atoms in total. The number of ether oxygens (including phenoxy) is 1. The van der Waals surface area contributed by atoms with Crippen molar-refractivity contribution >= 4 is 17.5 Å². The summed E-state index contributed by atoms with van der Waals surface area (Å²) in [5.74, 6) is 0.189. The Labute approximate surface area is 89.1 Å². The monoisotopic (exact) mass is 217 g/mol. The van der Waals surface area contributed by atoms with E-state index in [1.54, 1.807) is 0 Å².